The number of carbonyl (C=O) groups excluding carboxylic acids is 2. The van der Waals surface area contributed by atoms with E-state index in [-0.39, 0.29) is 25.0 Å². The molecule has 0 aliphatic heterocycles. The van der Waals surface area contributed by atoms with Crippen LogP contribution >= 0.6 is 0 Å². The van der Waals surface area contributed by atoms with Crippen LogP contribution in [0.3, 0.4) is 0 Å². The lowest BCUT2D eigenvalue weighted by molar-refractivity contribution is -0.141. The van der Waals surface area contributed by atoms with E-state index < -0.39 is 17.9 Å². The second kappa shape index (κ2) is 8.34. The molecule has 0 radical (unpaired) electrons. The van der Waals surface area contributed by atoms with Crippen molar-refractivity contribution in [1.29, 1.82) is 0 Å². The number of nitrogens with zero attached hydrogens (tertiary/aromatic N) is 1. The Labute approximate surface area is 113 Å². The molecule has 3 N–H and O–H groups in total. The summed E-state index contributed by atoms with van der Waals surface area (Å²) in [5.74, 6) is -1.87. The van der Waals surface area contributed by atoms with E-state index in [2.05, 4.69) is 10.6 Å². The average molecular weight is 273 g/mol. The fraction of sp³-hybridized carbons (Fsp3) is 0.750. The van der Waals surface area contributed by atoms with Gasteiger partial charge >= 0.3 is 12.0 Å². The van der Waals surface area contributed by atoms with Crippen molar-refractivity contribution in [1.82, 2.24) is 15.5 Å². The summed E-state index contributed by atoms with van der Waals surface area (Å²) in [6, 6.07) is -0.423. The van der Waals surface area contributed by atoms with Crippen LogP contribution in [0.15, 0.2) is 0 Å². The van der Waals surface area contributed by atoms with Crippen molar-refractivity contribution in [3.05, 3.63) is 0 Å². The molecular weight excluding hydrogens is 250 g/mol. The van der Waals surface area contributed by atoms with Crippen molar-refractivity contribution in [2.75, 3.05) is 19.6 Å². The molecule has 7 heteroatoms. The van der Waals surface area contributed by atoms with E-state index in [0.717, 1.165) is 0 Å². The minimum atomic E-state index is -0.955. The van der Waals surface area contributed by atoms with E-state index in [1.165, 1.54) is 11.8 Å². The van der Waals surface area contributed by atoms with Crippen LogP contribution in [-0.4, -0.2) is 53.6 Å². The number of carboxylic acid groups (broad SMARTS) is 1. The van der Waals surface area contributed by atoms with E-state index in [1.54, 1.807) is 6.92 Å². The molecule has 0 heterocycles. The fourth-order valence-electron chi connectivity index (χ4n) is 1.40. The van der Waals surface area contributed by atoms with Crippen LogP contribution in [0, 0.1) is 5.92 Å². The molecule has 19 heavy (non-hydrogen) atoms. The summed E-state index contributed by atoms with van der Waals surface area (Å²) in [4.78, 5) is 35.2. The Morgan fingerprint density at radius 1 is 1.21 bits per heavy atom. The summed E-state index contributed by atoms with van der Waals surface area (Å²) < 4.78 is 0. The zero-order valence-corrected chi connectivity index (χ0v) is 11.9. The summed E-state index contributed by atoms with van der Waals surface area (Å²) in [6.07, 6.45) is 0. The second-order valence-electron chi connectivity index (χ2n) is 4.66. The molecule has 0 fully saturated rings. The van der Waals surface area contributed by atoms with Gasteiger partial charge in [-0.3, -0.25) is 9.59 Å². The molecule has 1 atom stereocenters. The molecule has 3 amide bonds. The molecule has 0 saturated heterocycles. The first-order chi connectivity index (χ1) is 8.77. The maximum Gasteiger partial charge on any atom is 0.317 e. The Morgan fingerprint density at radius 2 is 1.79 bits per heavy atom. The van der Waals surface area contributed by atoms with Gasteiger partial charge in [-0.15, -0.1) is 0 Å². The maximum absolute atomic E-state index is 11.8. The van der Waals surface area contributed by atoms with Gasteiger partial charge in [-0.2, -0.15) is 0 Å². The van der Waals surface area contributed by atoms with Crippen molar-refractivity contribution < 1.29 is 19.5 Å². The van der Waals surface area contributed by atoms with E-state index in [9.17, 15) is 14.4 Å². The summed E-state index contributed by atoms with van der Waals surface area (Å²) in [7, 11) is 0. The first-order valence-electron chi connectivity index (χ1n) is 6.32. The molecule has 0 rings (SSSR count). The van der Waals surface area contributed by atoms with Gasteiger partial charge in [0.15, 0.2) is 0 Å². The van der Waals surface area contributed by atoms with Gasteiger partial charge < -0.3 is 20.6 Å². The quantitative estimate of drug-likeness (QED) is 0.619. The first-order valence-corrected chi connectivity index (χ1v) is 6.32. The summed E-state index contributed by atoms with van der Waals surface area (Å²) in [5.41, 5.74) is 0. The fourth-order valence-corrected chi connectivity index (χ4v) is 1.40. The lowest BCUT2D eigenvalue weighted by Crippen LogP contribution is -2.47. The Morgan fingerprint density at radius 3 is 2.21 bits per heavy atom. The third kappa shape index (κ3) is 7.28. The molecule has 7 nitrogen and oxygen atoms in total. The minimum absolute atomic E-state index is 0.0127. The predicted molar refractivity (Wildman–Crippen MR) is 70.7 cm³/mol. The highest BCUT2D eigenvalue weighted by molar-refractivity contribution is 5.84. The number of rotatable bonds is 7. The molecule has 0 aliphatic carbocycles. The Bertz CT molecular complexity index is 331. The van der Waals surface area contributed by atoms with Crippen molar-refractivity contribution in [2.45, 2.75) is 33.7 Å². The molecule has 0 aromatic heterocycles. The molecule has 0 aromatic carbocycles. The van der Waals surface area contributed by atoms with E-state index in [4.69, 9.17) is 5.11 Å². The Kier molecular flexibility index (Phi) is 7.55. The van der Waals surface area contributed by atoms with Gasteiger partial charge in [-0.25, -0.2) is 4.79 Å². The Balaban J connectivity index is 4.22. The number of carbonyl (C=O) groups is 3. The molecule has 0 aromatic rings. The second-order valence-corrected chi connectivity index (χ2v) is 4.66. The third-order valence-electron chi connectivity index (χ3n) is 2.43. The molecule has 0 bridgehead atoms. The van der Waals surface area contributed by atoms with Gasteiger partial charge in [0.25, 0.3) is 0 Å². The number of hydrogen-bond acceptors (Lipinski definition) is 3. The molecule has 110 valence electrons. The van der Waals surface area contributed by atoms with E-state index in [1.807, 2.05) is 13.8 Å². The highest BCUT2D eigenvalue weighted by atomic mass is 16.4. The van der Waals surface area contributed by atoms with E-state index in [0.29, 0.717) is 6.54 Å². The number of hydrogen-bond donors (Lipinski definition) is 3. The maximum atomic E-state index is 11.8. The average Bonchev–Trinajstić information content (AvgIpc) is 2.31. The van der Waals surface area contributed by atoms with Crippen LogP contribution in [0.25, 0.3) is 0 Å². The van der Waals surface area contributed by atoms with Crippen LogP contribution in [0.4, 0.5) is 4.79 Å². The standard InChI is InChI=1S/C12H23N3O4/c1-5-15(7-9(4)11(17)18)12(19)13-6-10(16)14-8(2)3/h8-9H,5-7H2,1-4H3,(H,13,19)(H,14,16)(H,17,18). The zero-order valence-electron chi connectivity index (χ0n) is 11.9. The van der Waals surface area contributed by atoms with Gasteiger partial charge in [-0.1, -0.05) is 6.92 Å². The molecule has 0 spiro atoms. The monoisotopic (exact) mass is 273 g/mol. The number of carboxylic acids is 1. The van der Waals surface area contributed by atoms with Crippen LogP contribution in [0.2, 0.25) is 0 Å². The Hall–Kier alpha value is -1.79. The minimum Gasteiger partial charge on any atom is -0.481 e. The van der Waals surface area contributed by atoms with Crippen molar-refractivity contribution in [3.63, 3.8) is 0 Å². The lowest BCUT2D eigenvalue weighted by Gasteiger charge is -2.23. The van der Waals surface area contributed by atoms with Gasteiger partial charge in [0, 0.05) is 19.1 Å². The van der Waals surface area contributed by atoms with Gasteiger partial charge in [-0.05, 0) is 20.8 Å². The number of nitrogens with one attached hydrogen (secondary N) is 2. The number of amides is 3. The van der Waals surface area contributed by atoms with Gasteiger partial charge in [0.1, 0.15) is 0 Å². The predicted octanol–water partition coefficient (Wildman–Crippen LogP) is 0.263. The highest BCUT2D eigenvalue weighted by Crippen LogP contribution is 2.00. The zero-order chi connectivity index (χ0) is 15.0. The topological polar surface area (TPSA) is 98.7 Å². The first kappa shape index (κ1) is 17.2. The normalized spacial score (nSPS) is 11.8. The van der Waals surface area contributed by atoms with E-state index >= 15 is 0 Å². The van der Waals surface area contributed by atoms with Crippen LogP contribution in [0.5, 0.6) is 0 Å². The summed E-state index contributed by atoms with van der Waals surface area (Å²) >= 11 is 0. The van der Waals surface area contributed by atoms with Crippen molar-refractivity contribution in [2.24, 2.45) is 5.92 Å². The highest BCUT2D eigenvalue weighted by Gasteiger charge is 2.19. The molecule has 1 unspecified atom stereocenters. The molecule has 0 aliphatic rings. The largest absolute Gasteiger partial charge is 0.481 e. The van der Waals surface area contributed by atoms with Crippen molar-refractivity contribution >= 4 is 17.9 Å². The summed E-state index contributed by atoms with van der Waals surface area (Å²) in [5, 5.41) is 13.9. The number of aliphatic carboxylic acids is 1. The van der Waals surface area contributed by atoms with Crippen LogP contribution < -0.4 is 10.6 Å². The molecular formula is C12H23N3O4. The molecule has 0 saturated carbocycles. The van der Waals surface area contributed by atoms with Gasteiger partial charge in [0.2, 0.25) is 5.91 Å². The third-order valence-corrected chi connectivity index (χ3v) is 2.43. The van der Waals surface area contributed by atoms with Crippen molar-refractivity contribution in [3.8, 4) is 0 Å². The summed E-state index contributed by atoms with van der Waals surface area (Å²) in [6.45, 7) is 7.32. The smallest absolute Gasteiger partial charge is 0.317 e. The lowest BCUT2D eigenvalue weighted by atomic mass is 10.2. The van der Waals surface area contributed by atoms with Crippen LogP contribution in [0.1, 0.15) is 27.7 Å². The SMILES string of the molecule is CCN(CC(C)C(=O)O)C(=O)NCC(=O)NC(C)C. The van der Waals surface area contributed by atoms with Crippen LogP contribution in [-0.2, 0) is 9.59 Å². The number of urea groups is 1. The van der Waals surface area contributed by atoms with Gasteiger partial charge in [0.05, 0.1) is 12.5 Å².